The predicted octanol–water partition coefficient (Wildman–Crippen LogP) is 2.37. The summed E-state index contributed by atoms with van der Waals surface area (Å²) in [6, 6.07) is 5.63. The van der Waals surface area contributed by atoms with Crippen LogP contribution in [-0.4, -0.2) is 35.9 Å². The first kappa shape index (κ1) is 17.5. The minimum atomic E-state index is -0.635. The van der Waals surface area contributed by atoms with Gasteiger partial charge in [0, 0.05) is 30.0 Å². The number of hydrogen-bond acceptors (Lipinski definition) is 6. The highest BCUT2D eigenvalue weighted by molar-refractivity contribution is 6.05. The Bertz CT molecular complexity index is 982. The molecule has 0 N–H and O–H groups in total. The first-order chi connectivity index (χ1) is 12.5. The van der Waals surface area contributed by atoms with Gasteiger partial charge in [0.25, 0.3) is 0 Å². The number of fused-ring (bicyclic) bond motifs is 1. The van der Waals surface area contributed by atoms with Gasteiger partial charge in [0.05, 0.1) is 25.3 Å². The number of hydrogen-bond donors (Lipinski definition) is 0. The van der Waals surface area contributed by atoms with E-state index in [4.69, 9.17) is 9.47 Å². The molecule has 1 aliphatic heterocycles. The van der Waals surface area contributed by atoms with Gasteiger partial charge in [-0.2, -0.15) is 5.10 Å². The molecule has 26 heavy (non-hydrogen) atoms. The number of anilines is 1. The smallest absolute Gasteiger partial charge is 0.355 e. The maximum atomic E-state index is 12.5. The van der Waals surface area contributed by atoms with Gasteiger partial charge < -0.3 is 14.4 Å². The van der Waals surface area contributed by atoms with Crippen LogP contribution in [0.1, 0.15) is 5.69 Å². The zero-order chi connectivity index (χ0) is 18.8. The third-order valence-electron chi connectivity index (χ3n) is 4.28. The molecule has 0 aliphatic carbocycles. The Morgan fingerprint density at radius 3 is 2.50 bits per heavy atom. The van der Waals surface area contributed by atoms with Gasteiger partial charge in [-0.3, -0.25) is 4.68 Å². The highest BCUT2D eigenvalue weighted by atomic mass is 16.5. The second kappa shape index (κ2) is 6.87. The number of ether oxygens (including phenoxy) is 2. The summed E-state index contributed by atoms with van der Waals surface area (Å²) in [6.45, 7) is 1.97. The molecule has 0 spiro atoms. The fraction of sp³-hybridized carbons (Fsp3) is 0.211. The zero-order valence-electron chi connectivity index (χ0n) is 15.0. The summed E-state index contributed by atoms with van der Waals surface area (Å²) in [5, 5.41) is 5.39. The van der Waals surface area contributed by atoms with Crippen LogP contribution in [0.5, 0.6) is 0 Å². The average Bonchev–Trinajstić information content (AvgIpc) is 2.83. The Hall–Kier alpha value is -3.35. The molecule has 7 heteroatoms. The monoisotopic (exact) mass is 353 g/mol. The Labute approximate surface area is 150 Å². The number of nitrogens with zero attached hydrogens (tertiary/aromatic N) is 3. The zero-order valence-corrected chi connectivity index (χ0v) is 15.0. The van der Waals surface area contributed by atoms with Gasteiger partial charge in [-0.25, -0.2) is 9.59 Å². The third kappa shape index (κ3) is 2.88. The van der Waals surface area contributed by atoms with Crippen molar-refractivity contribution in [2.45, 2.75) is 6.92 Å². The summed E-state index contributed by atoms with van der Waals surface area (Å²) in [7, 11) is 4.42. The van der Waals surface area contributed by atoms with E-state index in [9.17, 15) is 9.59 Å². The van der Waals surface area contributed by atoms with Gasteiger partial charge in [0.1, 0.15) is 5.70 Å². The molecule has 1 aromatic heterocycles. The van der Waals surface area contributed by atoms with E-state index >= 15 is 0 Å². The van der Waals surface area contributed by atoms with E-state index in [1.54, 1.807) is 27.9 Å². The second-order valence-corrected chi connectivity index (χ2v) is 5.73. The van der Waals surface area contributed by atoms with Crippen LogP contribution in [-0.2, 0) is 26.1 Å². The summed E-state index contributed by atoms with van der Waals surface area (Å²) < 4.78 is 11.5. The van der Waals surface area contributed by atoms with Crippen molar-refractivity contribution >= 4 is 28.5 Å². The van der Waals surface area contributed by atoms with Crippen LogP contribution in [0.4, 0.5) is 5.69 Å². The molecule has 0 unspecified atom stereocenters. The molecule has 7 nitrogen and oxygen atoms in total. The van der Waals surface area contributed by atoms with Crippen molar-refractivity contribution in [2.24, 2.45) is 7.05 Å². The van der Waals surface area contributed by atoms with Gasteiger partial charge in [0.15, 0.2) is 0 Å². The Balaban J connectivity index is 2.22. The molecule has 0 amide bonds. The lowest BCUT2D eigenvalue weighted by molar-refractivity contribution is -0.139. The number of allylic oxidation sites excluding steroid dienone is 2. The molecule has 0 atom stereocenters. The van der Waals surface area contributed by atoms with Crippen LogP contribution in [0.15, 0.2) is 53.9 Å². The van der Waals surface area contributed by atoms with Crippen molar-refractivity contribution in [1.29, 1.82) is 0 Å². The summed E-state index contributed by atoms with van der Waals surface area (Å²) >= 11 is 0. The third-order valence-corrected chi connectivity index (χ3v) is 4.28. The first-order valence-corrected chi connectivity index (χ1v) is 7.96. The largest absolute Gasteiger partial charge is 0.465 e. The first-order valence-electron chi connectivity index (χ1n) is 7.96. The number of aromatic nitrogens is 2. The Morgan fingerprint density at radius 1 is 1.08 bits per heavy atom. The van der Waals surface area contributed by atoms with Crippen molar-refractivity contribution in [2.75, 3.05) is 19.1 Å². The van der Waals surface area contributed by atoms with E-state index < -0.39 is 11.9 Å². The highest BCUT2D eigenvalue weighted by Gasteiger charge is 2.27. The van der Waals surface area contributed by atoms with Crippen LogP contribution >= 0.6 is 0 Å². The molecule has 0 bridgehead atoms. The fourth-order valence-corrected chi connectivity index (χ4v) is 2.83. The van der Waals surface area contributed by atoms with Crippen LogP contribution in [0.2, 0.25) is 0 Å². The van der Waals surface area contributed by atoms with E-state index in [1.807, 2.05) is 32.2 Å². The summed E-state index contributed by atoms with van der Waals surface area (Å²) in [6.07, 6.45) is 6.64. The SMILES string of the molecule is COC(=O)C1=C(C(=O)OC)N(c2ccc3nn(C)c(C)c3c2)C=CC=C1. The Morgan fingerprint density at radius 2 is 1.81 bits per heavy atom. The van der Waals surface area contributed by atoms with E-state index in [0.29, 0.717) is 5.69 Å². The number of aryl methyl sites for hydroxylation is 2. The van der Waals surface area contributed by atoms with E-state index in [1.165, 1.54) is 20.3 Å². The van der Waals surface area contributed by atoms with Crippen molar-refractivity contribution in [3.05, 3.63) is 59.6 Å². The minimum Gasteiger partial charge on any atom is -0.465 e. The molecule has 2 heterocycles. The second-order valence-electron chi connectivity index (χ2n) is 5.73. The minimum absolute atomic E-state index is 0.0882. The van der Waals surface area contributed by atoms with Crippen LogP contribution < -0.4 is 4.90 Å². The predicted molar refractivity (Wildman–Crippen MR) is 97.3 cm³/mol. The fourth-order valence-electron chi connectivity index (χ4n) is 2.83. The van der Waals surface area contributed by atoms with Crippen LogP contribution in [0, 0.1) is 6.92 Å². The van der Waals surface area contributed by atoms with Crippen molar-refractivity contribution < 1.29 is 19.1 Å². The molecule has 1 aliphatic rings. The number of carbonyl (C=O) groups excluding carboxylic acids is 2. The summed E-state index contributed by atoms with van der Waals surface area (Å²) in [4.78, 5) is 26.3. The van der Waals surface area contributed by atoms with Gasteiger partial charge >= 0.3 is 11.9 Å². The maximum Gasteiger partial charge on any atom is 0.355 e. The van der Waals surface area contributed by atoms with Crippen molar-refractivity contribution in [3.8, 4) is 0 Å². The summed E-state index contributed by atoms with van der Waals surface area (Å²) in [5.41, 5.74) is 2.76. The maximum absolute atomic E-state index is 12.5. The van der Waals surface area contributed by atoms with Gasteiger partial charge in [-0.1, -0.05) is 6.08 Å². The lowest BCUT2D eigenvalue weighted by Gasteiger charge is -2.23. The van der Waals surface area contributed by atoms with Crippen molar-refractivity contribution in [3.63, 3.8) is 0 Å². The number of esters is 2. The lowest BCUT2D eigenvalue weighted by Crippen LogP contribution is -2.26. The molecule has 0 saturated heterocycles. The van der Waals surface area contributed by atoms with Gasteiger partial charge in [-0.05, 0) is 37.3 Å². The molecule has 0 fully saturated rings. The highest BCUT2D eigenvalue weighted by Crippen LogP contribution is 2.29. The van der Waals surface area contributed by atoms with E-state index in [0.717, 1.165) is 16.6 Å². The standard InChI is InChI=1S/C19H19N3O4/c1-12-15-11-13(8-9-16(15)20-21(12)2)22-10-6-5-7-14(18(23)25-3)17(22)19(24)26-4/h5-11H,1-4H3. The molecule has 0 saturated carbocycles. The molecule has 0 radical (unpaired) electrons. The van der Waals surface area contributed by atoms with E-state index in [2.05, 4.69) is 5.10 Å². The van der Waals surface area contributed by atoms with E-state index in [-0.39, 0.29) is 11.3 Å². The topological polar surface area (TPSA) is 73.7 Å². The quantitative estimate of drug-likeness (QED) is 0.789. The van der Waals surface area contributed by atoms with Gasteiger partial charge in [0.2, 0.25) is 0 Å². The number of methoxy groups -OCH3 is 2. The normalized spacial score (nSPS) is 13.9. The molecule has 3 rings (SSSR count). The number of rotatable bonds is 3. The van der Waals surface area contributed by atoms with Crippen LogP contribution in [0.25, 0.3) is 10.9 Å². The number of benzene rings is 1. The Kier molecular flexibility index (Phi) is 4.62. The van der Waals surface area contributed by atoms with Crippen LogP contribution in [0.3, 0.4) is 0 Å². The van der Waals surface area contributed by atoms with Crippen molar-refractivity contribution in [1.82, 2.24) is 9.78 Å². The molecule has 1 aromatic carbocycles. The van der Waals surface area contributed by atoms with Gasteiger partial charge in [-0.15, -0.1) is 0 Å². The number of carbonyl (C=O) groups is 2. The molecular weight excluding hydrogens is 334 g/mol. The molecule has 134 valence electrons. The summed E-state index contributed by atoms with van der Waals surface area (Å²) in [5.74, 6) is -1.25. The molecular formula is C19H19N3O4. The lowest BCUT2D eigenvalue weighted by atomic mass is 10.1. The average molecular weight is 353 g/mol. The molecule has 2 aromatic rings.